The van der Waals surface area contributed by atoms with Crippen molar-refractivity contribution < 1.29 is 14.2 Å². The van der Waals surface area contributed by atoms with E-state index in [4.69, 9.17) is 4.74 Å². The van der Waals surface area contributed by atoms with Crippen LogP contribution >= 0.6 is 0 Å². The van der Waals surface area contributed by atoms with Crippen molar-refractivity contribution in [2.75, 3.05) is 6.61 Å². The Kier molecular flexibility index (Phi) is 5.33. The zero-order valence-corrected chi connectivity index (χ0v) is 16.6. The lowest BCUT2D eigenvalue weighted by Gasteiger charge is -2.14. The molecular weight excluding hydrogens is 387 g/mol. The van der Waals surface area contributed by atoms with E-state index in [9.17, 15) is 14.3 Å². The van der Waals surface area contributed by atoms with Crippen LogP contribution in [0.5, 0.6) is 5.75 Å². The first-order valence-corrected chi connectivity index (χ1v) is 9.49. The number of ether oxygens (including phenoxy) is 1. The van der Waals surface area contributed by atoms with Crippen LogP contribution in [0.15, 0.2) is 59.8 Å². The predicted octanol–water partition coefficient (Wildman–Crippen LogP) is 2.78. The van der Waals surface area contributed by atoms with Crippen molar-refractivity contribution in [3.05, 3.63) is 82.3 Å². The van der Waals surface area contributed by atoms with E-state index in [1.165, 1.54) is 41.4 Å². The maximum Gasteiger partial charge on any atom is 0.264 e. The van der Waals surface area contributed by atoms with Crippen molar-refractivity contribution in [2.24, 2.45) is 0 Å². The molecule has 4 rings (SSSR count). The molecule has 30 heavy (non-hydrogen) atoms. The lowest BCUT2D eigenvalue weighted by Crippen LogP contribution is -2.30. The van der Waals surface area contributed by atoms with Gasteiger partial charge in [-0.15, -0.1) is 0 Å². The molecule has 0 fully saturated rings. The van der Waals surface area contributed by atoms with Crippen molar-refractivity contribution >= 4 is 11.0 Å². The summed E-state index contributed by atoms with van der Waals surface area (Å²) in [6.45, 7) is 3.96. The molecule has 2 aromatic heterocycles. The second-order valence-corrected chi connectivity index (χ2v) is 7.26. The third kappa shape index (κ3) is 4.08. The van der Waals surface area contributed by atoms with E-state index < -0.39 is 6.10 Å². The van der Waals surface area contributed by atoms with Gasteiger partial charge < -0.3 is 9.84 Å². The van der Waals surface area contributed by atoms with E-state index >= 15 is 0 Å². The van der Waals surface area contributed by atoms with Gasteiger partial charge in [-0.05, 0) is 61.4 Å². The number of hydrogen-bond donors (Lipinski definition) is 1. The summed E-state index contributed by atoms with van der Waals surface area (Å²) >= 11 is 0. The quantitative estimate of drug-likeness (QED) is 0.531. The molecule has 2 heterocycles. The number of fused-ring (bicyclic) bond motifs is 1. The van der Waals surface area contributed by atoms with E-state index in [1.54, 1.807) is 4.68 Å². The van der Waals surface area contributed by atoms with Gasteiger partial charge in [0.05, 0.1) is 18.4 Å². The van der Waals surface area contributed by atoms with Gasteiger partial charge in [0.25, 0.3) is 5.56 Å². The molecule has 1 atom stereocenters. The van der Waals surface area contributed by atoms with E-state index in [0.29, 0.717) is 16.8 Å². The Morgan fingerprint density at radius 3 is 2.53 bits per heavy atom. The van der Waals surface area contributed by atoms with Crippen LogP contribution in [0.3, 0.4) is 0 Å². The molecule has 0 bridgehead atoms. The third-order valence-corrected chi connectivity index (χ3v) is 4.67. The SMILES string of the molecule is Cc1cc(C)cc(-n2ncc3c(=O)n(C[C@@H](O)COc4ccc(F)cc4)cnc32)c1. The lowest BCUT2D eigenvalue weighted by molar-refractivity contribution is 0.0914. The Balaban J connectivity index is 1.53. The fraction of sp³-hybridized carbons (Fsp3) is 0.227. The highest BCUT2D eigenvalue weighted by Gasteiger charge is 2.14. The second kappa shape index (κ2) is 8.08. The summed E-state index contributed by atoms with van der Waals surface area (Å²) in [6, 6.07) is 11.5. The van der Waals surface area contributed by atoms with E-state index in [0.717, 1.165) is 16.8 Å². The normalized spacial score (nSPS) is 12.3. The number of halogens is 1. The van der Waals surface area contributed by atoms with Gasteiger partial charge in [-0.25, -0.2) is 14.1 Å². The maximum absolute atomic E-state index is 12.9. The average Bonchev–Trinajstić information content (AvgIpc) is 3.14. The molecule has 4 aromatic rings. The monoisotopic (exact) mass is 408 g/mol. The summed E-state index contributed by atoms with van der Waals surface area (Å²) in [5.41, 5.74) is 3.17. The van der Waals surface area contributed by atoms with Gasteiger partial charge in [-0.3, -0.25) is 9.36 Å². The second-order valence-electron chi connectivity index (χ2n) is 7.26. The van der Waals surface area contributed by atoms with Crippen LogP contribution in [-0.4, -0.2) is 37.1 Å². The zero-order valence-electron chi connectivity index (χ0n) is 16.6. The molecule has 0 saturated heterocycles. The molecular formula is C22H21FN4O3. The molecule has 0 radical (unpaired) electrons. The van der Waals surface area contributed by atoms with Gasteiger partial charge in [0, 0.05) is 0 Å². The lowest BCUT2D eigenvalue weighted by atomic mass is 10.1. The predicted molar refractivity (Wildman–Crippen MR) is 111 cm³/mol. The number of aliphatic hydroxyl groups excluding tert-OH is 1. The Bertz CT molecular complexity index is 1230. The van der Waals surface area contributed by atoms with Crippen LogP contribution in [0.1, 0.15) is 11.1 Å². The molecule has 0 aliphatic heterocycles. The number of hydrogen-bond acceptors (Lipinski definition) is 5. The summed E-state index contributed by atoms with van der Waals surface area (Å²) in [4.78, 5) is 17.2. The van der Waals surface area contributed by atoms with E-state index in [1.807, 2.05) is 26.0 Å². The molecule has 0 unspecified atom stereocenters. The summed E-state index contributed by atoms with van der Waals surface area (Å²) in [5, 5.41) is 15.0. The molecule has 8 heteroatoms. The minimum absolute atomic E-state index is 0.0116. The number of benzene rings is 2. The van der Waals surface area contributed by atoms with Crippen molar-refractivity contribution in [1.82, 2.24) is 19.3 Å². The first kappa shape index (κ1) is 19.8. The minimum atomic E-state index is -0.943. The van der Waals surface area contributed by atoms with Crippen molar-refractivity contribution in [1.29, 1.82) is 0 Å². The molecule has 0 spiro atoms. The van der Waals surface area contributed by atoms with Gasteiger partial charge in [0.2, 0.25) is 0 Å². The average molecular weight is 408 g/mol. The van der Waals surface area contributed by atoms with Gasteiger partial charge in [-0.2, -0.15) is 5.10 Å². The number of aromatic nitrogens is 4. The van der Waals surface area contributed by atoms with Gasteiger partial charge in [0.1, 0.15) is 36.0 Å². The molecule has 0 aliphatic carbocycles. The molecule has 154 valence electrons. The van der Waals surface area contributed by atoms with Gasteiger partial charge >= 0.3 is 0 Å². The molecule has 0 saturated carbocycles. The molecule has 0 aliphatic rings. The number of aliphatic hydroxyl groups is 1. The van der Waals surface area contributed by atoms with Crippen LogP contribution in [0.25, 0.3) is 16.7 Å². The molecule has 0 amide bonds. The Labute approximate surface area is 172 Å². The largest absolute Gasteiger partial charge is 0.491 e. The molecule has 1 N–H and O–H groups in total. The zero-order chi connectivity index (χ0) is 21.3. The smallest absolute Gasteiger partial charge is 0.264 e. The Morgan fingerprint density at radius 2 is 1.83 bits per heavy atom. The Hall–Kier alpha value is -3.52. The summed E-state index contributed by atoms with van der Waals surface area (Å²) < 4.78 is 21.3. The van der Waals surface area contributed by atoms with Crippen molar-refractivity contribution in [3.8, 4) is 11.4 Å². The fourth-order valence-electron chi connectivity index (χ4n) is 3.34. The maximum atomic E-state index is 12.9. The topological polar surface area (TPSA) is 82.2 Å². The standard InChI is InChI=1S/C22H21FN4O3/c1-14-7-15(2)9-17(8-14)27-21-20(10-25-27)22(29)26(13-24-21)11-18(28)12-30-19-5-3-16(23)4-6-19/h3-10,13,18,28H,11-12H2,1-2H3/t18-/m1/s1. The first-order chi connectivity index (χ1) is 14.4. The highest BCUT2D eigenvalue weighted by molar-refractivity contribution is 5.75. The highest BCUT2D eigenvalue weighted by Crippen LogP contribution is 2.17. The van der Waals surface area contributed by atoms with Crippen LogP contribution in [0, 0.1) is 19.7 Å². The number of aryl methyl sites for hydroxylation is 2. The van der Waals surface area contributed by atoms with Crippen LogP contribution in [-0.2, 0) is 6.54 Å². The van der Waals surface area contributed by atoms with Gasteiger partial charge in [0.15, 0.2) is 5.65 Å². The van der Waals surface area contributed by atoms with Gasteiger partial charge in [-0.1, -0.05) is 6.07 Å². The number of rotatable bonds is 6. The van der Waals surface area contributed by atoms with Crippen LogP contribution in [0.2, 0.25) is 0 Å². The van der Waals surface area contributed by atoms with E-state index in [2.05, 4.69) is 16.1 Å². The summed E-state index contributed by atoms with van der Waals surface area (Å²) in [7, 11) is 0. The summed E-state index contributed by atoms with van der Waals surface area (Å²) in [5.74, 6) is 0.0706. The number of nitrogens with zero attached hydrogens (tertiary/aromatic N) is 4. The van der Waals surface area contributed by atoms with Crippen molar-refractivity contribution in [2.45, 2.75) is 26.5 Å². The van der Waals surface area contributed by atoms with E-state index in [-0.39, 0.29) is 24.5 Å². The summed E-state index contributed by atoms with van der Waals surface area (Å²) in [6.07, 6.45) is 1.94. The van der Waals surface area contributed by atoms with Crippen molar-refractivity contribution in [3.63, 3.8) is 0 Å². The molecule has 7 nitrogen and oxygen atoms in total. The highest BCUT2D eigenvalue weighted by atomic mass is 19.1. The fourth-order valence-corrected chi connectivity index (χ4v) is 3.34. The first-order valence-electron chi connectivity index (χ1n) is 9.49. The molecule has 2 aromatic carbocycles. The third-order valence-electron chi connectivity index (χ3n) is 4.67. The van der Waals surface area contributed by atoms with Crippen LogP contribution in [0.4, 0.5) is 4.39 Å². The van der Waals surface area contributed by atoms with Crippen LogP contribution < -0.4 is 10.3 Å². The minimum Gasteiger partial charge on any atom is -0.491 e. The Morgan fingerprint density at radius 1 is 1.13 bits per heavy atom.